The minimum Gasteiger partial charge on any atom is -0.458 e. The first-order valence-electron chi connectivity index (χ1n) is 8.72. The summed E-state index contributed by atoms with van der Waals surface area (Å²) in [6.45, 7) is 14.0. The van der Waals surface area contributed by atoms with E-state index < -0.39 is 0 Å². The van der Waals surface area contributed by atoms with Crippen LogP contribution >= 0.6 is 0 Å². The maximum absolute atomic E-state index is 11.6. The van der Waals surface area contributed by atoms with Crippen molar-refractivity contribution in [1.29, 1.82) is 0 Å². The molecule has 3 rings (SSSR count). The second kappa shape index (κ2) is 5.35. The molecule has 0 N–H and O–H groups in total. The lowest BCUT2D eigenvalue weighted by Gasteiger charge is -2.46. The molecule has 3 saturated carbocycles. The van der Waals surface area contributed by atoms with Crippen molar-refractivity contribution in [2.45, 2.75) is 59.7 Å². The molecular formula is C19H28O4. The average molecular weight is 320 g/mol. The van der Waals surface area contributed by atoms with Crippen molar-refractivity contribution in [3.63, 3.8) is 0 Å². The molecule has 4 nitrogen and oxygen atoms in total. The van der Waals surface area contributed by atoms with E-state index in [-0.39, 0.29) is 41.4 Å². The Morgan fingerprint density at radius 1 is 1.17 bits per heavy atom. The van der Waals surface area contributed by atoms with Crippen LogP contribution in [0.2, 0.25) is 0 Å². The Morgan fingerprint density at radius 2 is 1.74 bits per heavy atom. The van der Waals surface area contributed by atoms with Gasteiger partial charge in [0.25, 0.3) is 0 Å². The van der Waals surface area contributed by atoms with Crippen molar-refractivity contribution in [1.82, 2.24) is 0 Å². The first-order chi connectivity index (χ1) is 10.7. The highest BCUT2D eigenvalue weighted by atomic mass is 16.6. The maximum atomic E-state index is 11.6. The molecule has 3 fully saturated rings. The standard InChI is InChI=1S/C19H28O4/c1-9(2)13-7-8-19(6)10(3)14-15(13)16(19)18(23-12(5)21)17(14)22-11(4)20/h9,13-18H,3,7-8H2,1-2,4-6H3/t13-,14-,15+,16+,17+,18+,19-/m1/s1. The SMILES string of the molecule is C=C1[C@H]2[C@H](OC(C)=O)[C@@H](OC(C)=O)[C@@H]3[C@H]2[C@@H](C(C)C)CC[C@]13C. The third-order valence-electron chi connectivity index (χ3n) is 6.68. The fourth-order valence-corrected chi connectivity index (χ4v) is 5.84. The molecule has 128 valence electrons. The van der Waals surface area contributed by atoms with Crippen LogP contribution in [0.25, 0.3) is 0 Å². The van der Waals surface area contributed by atoms with Crippen molar-refractivity contribution in [2.75, 3.05) is 0 Å². The fourth-order valence-electron chi connectivity index (χ4n) is 5.84. The summed E-state index contributed by atoms with van der Waals surface area (Å²) in [5, 5.41) is 0. The lowest BCUT2D eigenvalue weighted by atomic mass is 9.60. The largest absolute Gasteiger partial charge is 0.458 e. The highest BCUT2D eigenvalue weighted by Gasteiger charge is 2.71. The van der Waals surface area contributed by atoms with Gasteiger partial charge in [-0.1, -0.05) is 32.9 Å². The summed E-state index contributed by atoms with van der Waals surface area (Å²) in [5.74, 6) is 1.25. The molecular weight excluding hydrogens is 292 g/mol. The van der Waals surface area contributed by atoms with Crippen molar-refractivity contribution in [2.24, 2.45) is 35.0 Å². The Bertz CT molecular complexity index is 552. The Hall–Kier alpha value is -1.32. The summed E-state index contributed by atoms with van der Waals surface area (Å²) in [4.78, 5) is 23.3. The zero-order chi connectivity index (χ0) is 17.1. The van der Waals surface area contributed by atoms with Crippen LogP contribution < -0.4 is 0 Å². The number of esters is 2. The Balaban J connectivity index is 2.03. The second-order valence-corrected chi connectivity index (χ2v) is 8.17. The Morgan fingerprint density at radius 3 is 2.26 bits per heavy atom. The van der Waals surface area contributed by atoms with Gasteiger partial charge in [0, 0.05) is 25.7 Å². The van der Waals surface area contributed by atoms with Gasteiger partial charge in [0.1, 0.15) is 12.2 Å². The Labute approximate surface area is 138 Å². The molecule has 0 radical (unpaired) electrons. The van der Waals surface area contributed by atoms with E-state index in [0.717, 1.165) is 6.42 Å². The molecule has 4 heteroatoms. The number of carbonyl (C=O) groups excluding carboxylic acids is 2. The van der Waals surface area contributed by atoms with E-state index in [9.17, 15) is 9.59 Å². The van der Waals surface area contributed by atoms with E-state index in [2.05, 4.69) is 27.4 Å². The quantitative estimate of drug-likeness (QED) is 0.591. The maximum Gasteiger partial charge on any atom is 0.303 e. The number of rotatable bonds is 3. The first-order valence-corrected chi connectivity index (χ1v) is 8.72. The molecule has 0 aliphatic heterocycles. The van der Waals surface area contributed by atoms with E-state index in [1.165, 1.54) is 25.8 Å². The van der Waals surface area contributed by atoms with Gasteiger partial charge in [-0.2, -0.15) is 0 Å². The van der Waals surface area contributed by atoms with Gasteiger partial charge in [-0.05, 0) is 36.0 Å². The number of carbonyl (C=O) groups is 2. The summed E-state index contributed by atoms with van der Waals surface area (Å²) in [7, 11) is 0. The van der Waals surface area contributed by atoms with Gasteiger partial charge in [0.15, 0.2) is 0 Å². The van der Waals surface area contributed by atoms with Gasteiger partial charge in [0.05, 0.1) is 0 Å². The number of hydrogen-bond acceptors (Lipinski definition) is 4. The predicted molar refractivity (Wildman–Crippen MR) is 86.4 cm³/mol. The lowest BCUT2D eigenvalue weighted by molar-refractivity contribution is -0.172. The molecule has 4 bridgehead atoms. The van der Waals surface area contributed by atoms with Crippen LogP contribution in [0.3, 0.4) is 0 Å². The van der Waals surface area contributed by atoms with E-state index in [1.54, 1.807) is 0 Å². The van der Waals surface area contributed by atoms with E-state index in [4.69, 9.17) is 9.47 Å². The molecule has 7 atom stereocenters. The van der Waals surface area contributed by atoms with Crippen molar-refractivity contribution >= 4 is 11.9 Å². The number of hydrogen-bond donors (Lipinski definition) is 0. The van der Waals surface area contributed by atoms with Crippen LogP contribution in [0.1, 0.15) is 47.5 Å². The van der Waals surface area contributed by atoms with E-state index >= 15 is 0 Å². The molecule has 0 heterocycles. The molecule has 3 aliphatic rings. The molecule has 0 aromatic rings. The summed E-state index contributed by atoms with van der Waals surface area (Å²) in [5.41, 5.74) is 1.20. The van der Waals surface area contributed by atoms with Gasteiger partial charge in [0.2, 0.25) is 0 Å². The first kappa shape index (κ1) is 16.5. The van der Waals surface area contributed by atoms with Crippen LogP contribution in [-0.4, -0.2) is 24.1 Å². The topological polar surface area (TPSA) is 52.6 Å². The minimum absolute atomic E-state index is 0.00249. The summed E-state index contributed by atoms with van der Waals surface area (Å²) >= 11 is 0. The normalized spacial score (nSPS) is 44.5. The molecule has 0 amide bonds. The smallest absolute Gasteiger partial charge is 0.303 e. The van der Waals surface area contributed by atoms with E-state index in [0.29, 0.717) is 17.8 Å². The van der Waals surface area contributed by atoms with Crippen LogP contribution in [0.4, 0.5) is 0 Å². The third kappa shape index (κ3) is 2.25. The second-order valence-electron chi connectivity index (χ2n) is 8.17. The molecule has 0 spiro atoms. The van der Waals surface area contributed by atoms with Gasteiger partial charge in [-0.25, -0.2) is 0 Å². The summed E-state index contributed by atoms with van der Waals surface area (Å²) in [6.07, 6.45) is 1.55. The van der Waals surface area contributed by atoms with Crippen molar-refractivity contribution in [3.05, 3.63) is 12.2 Å². The summed E-state index contributed by atoms with van der Waals surface area (Å²) in [6, 6.07) is 0. The zero-order valence-corrected chi connectivity index (χ0v) is 14.8. The van der Waals surface area contributed by atoms with Crippen LogP contribution in [-0.2, 0) is 19.1 Å². The van der Waals surface area contributed by atoms with Crippen LogP contribution in [0, 0.1) is 35.0 Å². The predicted octanol–water partition coefficient (Wildman–Crippen LogP) is 3.35. The minimum atomic E-state index is -0.369. The molecule has 3 aliphatic carbocycles. The van der Waals surface area contributed by atoms with Gasteiger partial charge < -0.3 is 9.47 Å². The fraction of sp³-hybridized carbons (Fsp3) is 0.789. The third-order valence-corrected chi connectivity index (χ3v) is 6.68. The zero-order valence-electron chi connectivity index (χ0n) is 14.8. The highest BCUT2D eigenvalue weighted by molar-refractivity contribution is 5.68. The molecule has 0 saturated heterocycles. The highest BCUT2D eigenvalue weighted by Crippen LogP contribution is 2.70. The van der Waals surface area contributed by atoms with Crippen molar-refractivity contribution < 1.29 is 19.1 Å². The Kier molecular flexibility index (Phi) is 3.85. The summed E-state index contributed by atoms with van der Waals surface area (Å²) < 4.78 is 11.3. The number of ether oxygens (including phenoxy) is 2. The lowest BCUT2D eigenvalue weighted by Crippen LogP contribution is -2.48. The molecule has 0 unspecified atom stereocenters. The molecule has 0 aromatic carbocycles. The van der Waals surface area contributed by atoms with Gasteiger partial charge in [-0.3, -0.25) is 9.59 Å². The van der Waals surface area contributed by atoms with Gasteiger partial charge in [-0.15, -0.1) is 0 Å². The van der Waals surface area contributed by atoms with Crippen LogP contribution in [0.15, 0.2) is 12.2 Å². The van der Waals surface area contributed by atoms with Crippen LogP contribution in [0.5, 0.6) is 0 Å². The van der Waals surface area contributed by atoms with Gasteiger partial charge >= 0.3 is 11.9 Å². The van der Waals surface area contributed by atoms with Crippen molar-refractivity contribution in [3.8, 4) is 0 Å². The molecule has 23 heavy (non-hydrogen) atoms. The van der Waals surface area contributed by atoms with E-state index in [1.807, 2.05) is 0 Å². The average Bonchev–Trinajstić information content (AvgIpc) is 2.77. The molecule has 0 aromatic heterocycles. The monoisotopic (exact) mass is 320 g/mol.